The maximum absolute atomic E-state index is 12.8. The first-order valence-electron chi connectivity index (χ1n) is 8.52. The molecule has 22 heavy (non-hydrogen) atoms. The van der Waals surface area contributed by atoms with Crippen molar-refractivity contribution in [3.8, 4) is 0 Å². The van der Waals surface area contributed by atoms with Gasteiger partial charge < -0.3 is 0 Å². The van der Waals surface area contributed by atoms with Gasteiger partial charge in [0.25, 0.3) is 0 Å². The van der Waals surface area contributed by atoms with Gasteiger partial charge in [-0.1, -0.05) is 25.7 Å². The summed E-state index contributed by atoms with van der Waals surface area (Å²) in [4.78, 5) is 51.1. The van der Waals surface area contributed by atoms with Crippen LogP contribution in [0.5, 0.6) is 0 Å². The molecule has 0 radical (unpaired) electrons. The molecule has 0 aliphatic heterocycles. The lowest BCUT2D eigenvalue weighted by molar-refractivity contribution is -0.141. The highest BCUT2D eigenvalue weighted by atomic mass is 16.2. The lowest BCUT2D eigenvalue weighted by Crippen LogP contribution is -2.50. The molecular weight excluding hydrogens is 280 g/mol. The molecule has 0 aromatic carbocycles. The van der Waals surface area contributed by atoms with Crippen molar-refractivity contribution in [2.24, 2.45) is 23.7 Å². The lowest BCUT2D eigenvalue weighted by Gasteiger charge is -2.40. The van der Waals surface area contributed by atoms with Crippen LogP contribution in [0, 0.1) is 23.7 Å². The molecule has 4 nitrogen and oxygen atoms in total. The Morgan fingerprint density at radius 1 is 0.455 bits per heavy atom. The third-order valence-electron chi connectivity index (χ3n) is 6.11. The van der Waals surface area contributed by atoms with Gasteiger partial charge in [0.1, 0.15) is 0 Å². The van der Waals surface area contributed by atoms with Crippen molar-refractivity contribution in [1.29, 1.82) is 0 Å². The highest BCUT2D eigenvalue weighted by Crippen LogP contribution is 2.46. The van der Waals surface area contributed by atoms with Crippen LogP contribution in [0.1, 0.15) is 51.4 Å². The second kappa shape index (κ2) is 4.97. The van der Waals surface area contributed by atoms with Gasteiger partial charge in [-0.25, -0.2) is 0 Å². The number of carbonyl (C=O) groups is 4. The van der Waals surface area contributed by atoms with Crippen LogP contribution in [0.4, 0.5) is 0 Å². The van der Waals surface area contributed by atoms with Gasteiger partial charge in [-0.15, -0.1) is 0 Å². The fourth-order valence-corrected chi connectivity index (χ4v) is 4.99. The minimum absolute atomic E-state index is 0.0127. The van der Waals surface area contributed by atoms with Crippen molar-refractivity contribution in [3.63, 3.8) is 0 Å². The molecule has 4 atom stereocenters. The van der Waals surface area contributed by atoms with Crippen LogP contribution in [-0.4, -0.2) is 23.1 Å². The molecule has 4 heteroatoms. The van der Waals surface area contributed by atoms with Gasteiger partial charge in [-0.2, -0.15) is 0 Å². The molecule has 4 aliphatic carbocycles. The first kappa shape index (κ1) is 14.0. The predicted molar refractivity (Wildman–Crippen MR) is 78.0 cm³/mol. The minimum atomic E-state index is -0.350. The molecule has 4 aliphatic rings. The van der Waals surface area contributed by atoms with Gasteiger partial charge in [-0.05, 0) is 25.7 Å². The van der Waals surface area contributed by atoms with Gasteiger partial charge in [0.2, 0.25) is 0 Å². The molecular formula is C18H20O4. The maximum Gasteiger partial charge on any atom is 0.171 e. The van der Waals surface area contributed by atoms with E-state index in [0.29, 0.717) is 25.7 Å². The Kier molecular flexibility index (Phi) is 3.17. The Morgan fingerprint density at radius 2 is 0.682 bits per heavy atom. The normalized spacial score (nSPS) is 38.5. The minimum Gasteiger partial charge on any atom is -0.294 e. The third-order valence-corrected chi connectivity index (χ3v) is 6.11. The molecule has 0 amide bonds. The summed E-state index contributed by atoms with van der Waals surface area (Å²) in [7, 11) is 0. The number of hydrogen-bond acceptors (Lipinski definition) is 4. The van der Waals surface area contributed by atoms with Crippen LogP contribution in [-0.2, 0) is 19.2 Å². The topological polar surface area (TPSA) is 68.3 Å². The van der Waals surface area contributed by atoms with Gasteiger partial charge in [-0.3, -0.25) is 19.2 Å². The molecule has 0 saturated heterocycles. The summed E-state index contributed by atoms with van der Waals surface area (Å²) in [6.07, 6.45) is 6.44. The van der Waals surface area contributed by atoms with E-state index in [0.717, 1.165) is 25.7 Å². The summed E-state index contributed by atoms with van der Waals surface area (Å²) in [5, 5.41) is 0. The van der Waals surface area contributed by atoms with Gasteiger partial charge in [0.05, 0.1) is 11.1 Å². The van der Waals surface area contributed by atoms with Gasteiger partial charge in [0, 0.05) is 23.7 Å². The smallest absolute Gasteiger partial charge is 0.171 e. The molecule has 2 saturated carbocycles. The molecule has 116 valence electrons. The Hall–Kier alpha value is -1.58. The molecule has 2 fully saturated rings. The Bertz CT molecular complexity index is 521. The van der Waals surface area contributed by atoms with Crippen molar-refractivity contribution < 1.29 is 19.2 Å². The highest BCUT2D eigenvalue weighted by Gasteiger charge is 2.54. The molecule has 0 aromatic heterocycles. The Morgan fingerprint density at radius 3 is 0.909 bits per heavy atom. The number of allylic oxidation sites excluding steroid dienone is 2. The molecule has 0 heterocycles. The molecule has 0 spiro atoms. The van der Waals surface area contributed by atoms with E-state index in [2.05, 4.69) is 0 Å². The van der Waals surface area contributed by atoms with E-state index in [1.807, 2.05) is 0 Å². The van der Waals surface area contributed by atoms with Crippen LogP contribution in [0.25, 0.3) is 0 Å². The summed E-state index contributed by atoms with van der Waals surface area (Å²) in [5.74, 6) is -2.23. The van der Waals surface area contributed by atoms with E-state index in [1.54, 1.807) is 0 Å². The summed E-state index contributed by atoms with van der Waals surface area (Å²) in [5.41, 5.74) is -0.0254. The van der Waals surface area contributed by atoms with Crippen molar-refractivity contribution in [3.05, 3.63) is 11.1 Å². The third kappa shape index (κ3) is 1.76. The van der Waals surface area contributed by atoms with Crippen molar-refractivity contribution in [2.45, 2.75) is 51.4 Å². The van der Waals surface area contributed by atoms with E-state index in [1.165, 1.54) is 0 Å². The zero-order valence-corrected chi connectivity index (χ0v) is 12.6. The van der Waals surface area contributed by atoms with Crippen LogP contribution >= 0.6 is 0 Å². The van der Waals surface area contributed by atoms with E-state index in [9.17, 15) is 19.2 Å². The average molecular weight is 300 g/mol. The molecule has 0 aromatic rings. The average Bonchev–Trinajstić information content (AvgIpc) is 2.56. The zero-order chi connectivity index (χ0) is 15.4. The monoisotopic (exact) mass is 300 g/mol. The van der Waals surface area contributed by atoms with E-state index in [-0.39, 0.29) is 58.0 Å². The second-order valence-corrected chi connectivity index (χ2v) is 7.20. The fraction of sp³-hybridized carbons (Fsp3) is 0.667. The van der Waals surface area contributed by atoms with Gasteiger partial charge in [0.15, 0.2) is 23.1 Å². The van der Waals surface area contributed by atoms with E-state index >= 15 is 0 Å². The summed E-state index contributed by atoms with van der Waals surface area (Å²) < 4.78 is 0. The number of ketones is 4. The number of rotatable bonds is 0. The first-order valence-corrected chi connectivity index (χ1v) is 8.52. The largest absolute Gasteiger partial charge is 0.294 e. The molecule has 0 bridgehead atoms. The number of carbonyl (C=O) groups excluding carboxylic acids is 4. The van der Waals surface area contributed by atoms with Crippen LogP contribution < -0.4 is 0 Å². The first-order chi connectivity index (χ1) is 10.6. The van der Waals surface area contributed by atoms with Crippen molar-refractivity contribution in [1.82, 2.24) is 0 Å². The Balaban J connectivity index is 1.84. The fourth-order valence-electron chi connectivity index (χ4n) is 4.99. The quantitative estimate of drug-likeness (QED) is 0.643. The zero-order valence-electron chi connectivity index (χ0n) is 12.6. The highest BCUT2D eigenvalue weighted by molar-refractivity contribution is 6.39. The van der Waals surface area contributed by atoms with Gasteiger partial charge >= 0.3 is 0 Å². The number of Topliss-reactive ketones (excluding diaryl/α,β-unsaturated/α-hetero) is 4. The van der Waals surface area contributed by atoms with Crippen molar-refractivity contribution >= 4 is 23.1 Å². The maximum atomic E-state index is 12.8. The van der Waals surface area contributed by atoms with Crippen molar-refractivity contribution in [2.75, 3.05) is 0 Å². The van der Waals surface area contributed by atoms with Crippen LogP contribution in [0.15, 0.2) is 11.1 Å². The lowest BCUT2D eigenvalue weighted by atomic mass is 9.59. The van der Waals surface area contributed by atoms with Crippen LogP contribution in [0.3, 0.4) is 0 Å². The summed E-state index contributed by atoms with van der Waals surface area (Å²) >= 11 is 0. The van der Waals surface area contributed by atoms with Crippen LogP contribution in [0.2, 0.25) is 0 Å². The molecule has 4 unspecified atom stereocenters. The number of fused-ring (bicyclic) bond motifs is 2. The standard InChI is InChI=1S/C18H20O4/c19-15-9-5-1-2-6-10(9)16(20)14-13(15)17(21)11-7-3-4-8-12(11)18(14)22/h9-12H,1-8H2. The summed E-state index contributed by atoms with van der Waals surface area (Å²) in [6, 6.07) is 0. The van der Waals surface area contributed by atoms with E-state index < -0.39 is 0 Å². The van der Waals surface area contributed by atoms with E-state index in [4.69, 9.17) is 0 Å². The predicted octanol–water partition coefficient (Wildman–Crippen LogP) is 2.20. The number of hydrogen-bond donors (Lipinski definition) is 0. The SMILES string of the molecule is O=C1C2=C(C(=O)C3CCCCC13)C(=O)C1CCCCC1C2=O. The Labute approximate surface area is 129 Å². The molecule has 0 N–H and O–H groups in total. The molecule has 4 rings (SSSR count). The summed E-state index contributed by atoms with van der Waals surface area (Å²) in [6.45, 7) is 0. The second-order valence-electron chi connectivity index (χ2n) is 7.20.